The number of nitrogens with zero attached hydrogens (tertiary/aromatic N) is 3. The Labute approximate surface area is 205 Å². The Kier molecular flexibility index (Phi) is 5.64. The second-order valence-electron chi connectivity index (χ2n) is 8.98. The average Bonchev–Trinajstić information content (AvgIpc) is 3.28. The quantitative estimate of drug-likeness (QED) is 0.439. The summed E-state index contributed by atoms with van der Waals surface area (Å²) < 4.78 is 27.5. The highest BCUT2D eigenvalue weighted by Gasteiger charge is 2.28. The summed E-state index contributed by atoms with van der Waals surface area (Å²) in [7, 11) is 0. The van der Waals surface area contributed by atoms with Crippen molar-refractivity contribution in [2.75, 3.05) is 31.2 Å². The number of benzene rings is 2. The molecular weight excluding hydrogens is 467 g/mol. The van der Waals surface area contributed by atoms with Gasteiger partial charge in [0.05, 0.1) is 21.6 Å². The number of rotatable bonds is 4. The molecular formula is C26H25FN4O3S. The van der Waals surface area contributed by atoms with Gasteiger partial charge in [-0.1, -0.05) is 12.1 Å². The normalized spacial score (nSPS) is 17.0. The number of carbonyl (C=O) groups excluding carboxylic acids is 1. The molecule has 0 aliphatic carbocycles. The van der Waals surface area contributed by atoms with E-state index in [1.807, 2.05) is 31.2 Å². The van der Waals surface area contributed by atoms with Crippen LogP contribution in [0.2, 0.25) is 0 Å². The molecule has 9 heteroatoms. The van der Waals surface area contributed by atoms with Crippen LogP contribution in [0.4, 0.5) is 10.2 Å². The Balaban J connectivity index is 1.13. The van der Waals surface area contributed by atoms with Crippen molar-refractivity contribution in [2.45, 2.75) is 25.8 Å². The Hall–Kier alpha value is -3.46. The van der Waals surface area contributed by atoms with E-state index in [0.29, 0.717) is 37.2 Å². The van der Waals surface area contributed by atoms with Crippen molar-refractivity contribution < 1.29 is 18.7 Å². The van der Waals surface area contributed by atoms with Crippen molar-refractivity contribution in [1.29, 1.82) is 0 Å². The fraction of sp³-hybridized carbons (Fsp3) is 0.346. The Morgan fingerprint density at radius 1 is 1.14 bits per heavy atom. The zero-order valence-electron chi connectivity index (χ0n) is 19.3. The van der Waals surface area contributed by atoms with Crippen LogP contribution in [0.1, 0.15) is 31.4 Å². The van der Waals surface area contributed by atoms with Gasteiger partial charge in [-0.2, -0.15) is 0 Å². The van der Waals surface area contributed by atoms with Crippen LogP contribution >= 0.6 is 11.3 Å². The van der Waals surface area contributed by atoms with Crippen LogP contribution in [0.15, 0.2) is 42.7 Å². The van der Waals surface area contributed by atoms with Gasteiger partial charge >= 0.3 is 0 Å². The number of anilines is 1. The summed E-state index contributed by atoms with van der Waals surface area (Å²) in [6.45, 7) is 4.48. The first-order valence-corrected chi connectivity index (χ1v) is 12.7. The van der Waals surface area contributed by atoms with Gasteiger partial charge in [0.1, 0.15) is 31.2 Å². The lowest BCUT2D eigenvalue weighted by Gasteiger charge is -2.32. The summed E-state index contributed by atoms with van der Waals surface area (Å²) in [5.41, 5.74) is 1.64. The number of aromatic nitrogens is 2. The van der Waals surface area contributed by atoms with E-state index in [9.17, 15) is 9.18 Å². The van der Waals surface area contributed by atoms with Gasteiger partial charge in [0, 0.05) is 23.7 Å². The standard InChI is InChI=1S/C26H25FN4O3S/c1-15(17-5-6-19-20(13-17)34-12-11-33-19)30-26(32)16-7-9-31(10-8-16)25-24-23(28-14-29-25)22-18(27)3-2-4-21(22)35-24/h2-6,13-16H,7-12H2,1H3,(H,30,32). The molecule has 7 nitrogen and oxygen atoms in total. The fourth-order valence-electron chi connectivity index (χ4n) is 4.89. The van der Waals surface area contributed by atoms with Crippen molar-refractivity contribution >= 4 is 43.4 Å². The highest BCUT2D eigenvalue weighted by Crippen LogP contribution is 2.39. The predicted molar refractivity (Wildman–Crippen MR) is 134 cm³/mol. The molecule has 1 unspecified atom stereocenters. The minimum atomic E-state index is -0.263. The molecule has 180 valence electrons. The maximum absolute atomic E-state index is 14.4. The monoisotopic (exact) mass is 492 g/mol. The molecule has 4 aromatic rings. The molecule has 4 heterocycles. The van der Waals surface area contributed by atoms with Crippen LogP contribution in [0, 0.1) is 11.7 Å². The highest BCUT2D eigenvalue weighted by atomic mass is 32.1. The number of ether oxygens (including phenoxy) is 2. The van der Waals surface area contributed by atoms with E-state index in [1.165, 1.54) is 23.7 Å². The zero-order valence-corrected chi connectivity index (χ0v) is 20.1. The molecule has 1 saturated heterocycles. The molecule has 2 aromatic carbocycles. The smallest absolute Gasteiger partial charge is 0.223 e. The largest absolute Gasteiger partial charge is 0.486 e. The number of piperidine rings is 1. The van der Waals surface area contributed by atoms with E-state index in [2.05, 4.69) is 20.2 Å². The van der Waals surface area contributed by atoms with Crippen LogP contribution in [-0.2, 0) is 4.79 Å². The topological polar surface area (TPSA) is 76.6 Å². The molecule has 2 aromatic heterocycles. The molecule has 1 atom stereocenters. The van der Waals surface area contributed by atoms with Crippen LogP contribution < -0.4 is 19.7 Å². The van der Waals surface area contributed by atoms with Gasteiger partial charge in [-0.05, 0) is 49.6 Å². The Morgan fingerprint density at radius 3 is 2.77 bits per heavy atom. The third-order valence-corrected chi connectivity index (χ3v) is 7.94. The lowest BCUT2D eigenvalue weighted by Crippen LogP contribution is -2.41. The average molecular weight is 493 g/mol. The Morgan fingerprint density at radius 2 is 1.94 bits per heavy atom. The van der Waals surface area contributed by atoms with Crippen molar-refractivity contribution in [3.05, 3.63) is 54.1 Å². The van der Waals surface area contributed by atoms with Gasteiger partial charge < -0.3 is 19.7 Å². The third kappa shape index (κ3) is 4.03. The van der Waals surface area contributed by atoms with E-state index in [1.54, 1.807) is 6.07 Å². The summed E-state index contributed by atoms with van der Waals surface area (Å²) in [6.07, 6.45) is 2.96. The van der Waals surface area contributed by atoms with E-state index >= 15 is 0 Å². The molecule has 0 bridgehead atoms. The second-order valence-corrected chi connectivity index (χ2v) is 10.0. The van der Waals surface area contributed by atoms with Gasteiger partial charge in [-0.3, -0.25) is 4.79 Å². The fourth-order valence-corrected chi connectivity index (χ4v) is 6.08. The number of thiophene rings is 1. The molecule has 6 rings (SSSR count). The molecule has 1 amide bonds. The van der Waals surface area contributed by atoms with Crippen molar-refractivity contribution in [3.8, 4) is 11.5 Å². The Bertz CT molecular complexity index is 1420. The lowest BCUT2D eigenvalue weighted by molar-refractivity contribution is -0.126. The minimum absolute atomic E-state index is 0.0591. The SMILES string of the molecule is CC(NC(=O)C1CCN(c2ncnc3c2sc2cccc(F)c23)CC1)c1ccc2c(c1)OCCO2. The maximum atomic E-state index is 14.4. The van der Waals surface area contributed by atoms with Gasteiger partial charge in [-0.25, -0.2) is 14.4 Å². The van der Waals surface area contributed by atoms with Crippen LogP contribution in [0.25, 0.3) is 20.3 Å². The molecule has 1 N–H and O–H groups in total. The number of halogens is 1. The zero-order chi connectivity index (χ0) is 23.9. The lowest BCUT2D eigenvalue weighted by atomic mass is 9.95. The molecule has 0 spiro atoms. The van der Waals surface area contributed by atoms with E-state index < -0.39 is 0 Å². The van der Waals surface area contributed by atoms with Crippen LogP contribution in [0.5, 0.6) is 11.5 Å². The summed E-state index contributed by atoms with van der Waals surface area (Å²) >= 11 is 1.51. The summed E-state index contributed by atoms with van der Waals surface area (Å²) in [4.78, 5) is 24.1. The van der Waals surface area contributed by atoms with Gasteiger partial charge in [-0.15, -0.1) is 11.3 Å². The number of hydrogen-bond acceptors (Lipinski definition) is 7. The first kappa shape index (κ1) is 22.0. The number of nitrogens with one attached hydrogen (secondary N) is 1. The predicted octanol–water partition coefficient (Wildman–Crippen LogP) is 4.85. The van der Waals surface area contributed by atoms with Crippen molar-refractivity contribution in [2.24, 2.45) is 5.92 Å². The number of fused-ring (bicyclic) bond motifs is 4. The number of amides is 1. The highest BCUT2D eigenvalue weighted by molar-refractivity contribution is 7.26. The maximum Gasteiger partial charge on any atom is 0.223 e. The van der Waals surface area contributed by atoms with Crippen LogP contribution in [-0.4, -0.2) is 42.2 Å². The van der Waals surface area contributed by atoms with Gasteiger partial charge in [0.15, 0.2) is 11.5 Å². The molecule has 2 aliphatic rings. The van der Waals surface area contributed by atoms with E-state index in [4.69, 9.17) is 9.47 Å². The van der Waals surface area contributed by atoms with Gasteiger partial charge in [0.2, 0.25) is 5.91 Å². The van der Waals surface area contributed by atoms with Crippen molar-refractivity contribution in [3.63, 3.8) is 0 Å². The number of carbonyl (C=O) groups is 1. The molecule has 35 heavy (non-hydrogen) atoms. The third-order valence-electron chi connectivity index (χ3n) is 6.80. The second kappa shape index (κ2) is 8.96. The van der Waals surface area contributed by atoms with Crippen molar-refractivity contribution in [1.82, 2.24) is 15.3 Å². The summed E-state index contributed by atoms with van der Waals surface area (Å²) in [5.74, 6) is 2.01. The summed E-state index contributed by atoms with van der Waals surface area (Å²) in [5, 5.41) is 3.72. The number of hydrogen-bond donors (Lipinski definition) is 1. The van der Waals surface area contributed by atoms with E-state index in [-0.39, 0.29) is 23.7 Å². The van der Waals surface area contributed by atoms with Crippen LogP contribution in [0.3, 0.4) is 0 Å². The first-order valence-electron chi connectivity index (χ1n) is 11.8. The molecule has 0 radical (unpaired) electrons. The molecule has 2 aliphatic heterocycles. The van der Waals surface area contributed by atoms with Gasteiger partial charge in [0.25, 0.3) is 0 Å². The summed E-state index contributed by atoms with van der Waals surface area (Å²) in [6, 6.07) is 10.8. The van der Waals surface area contributed by atoms with E-state index in [0.717, 1.165) is 45.1 Å². The minimum Gasteiger partial charge on any atom is -0.486 e. The molecule has 0 saturated carbocycles. The first-order chi connectivity index (χ1) is 17.1. The molecule has 1 fully saturated rings.